The van der Waals surface area contributed by atoms with Crippen LogP contribution in [0.15, 0.2) is 18.2 Å². The van der Waals surface area contributed by atoms with Gasteiger partial charge >= 0.3 is 0 Å². The molecule has 1 aromatic carbocycles. The highest BCUT2D eigenvalue weighted by Crippen LogP contribution is 2.32. The van der Waals surface area contributed by atoms with Crippen molar-refractivity contribution in [1.29, 1.82) is 0 Å². The van der Waals surface area contributed by atoms with Crippen molar-refractivity contribution >= 4 is 11.4 Å². The smallest absolute Gasteiger partial charge is 0.292 e. The summed E-state index contributed by atoms with van der Waals surface area (Å²) in [4.78, 5) is 12.7. The largest absolute Gasteiger partial charge is 0.392 e. The van der Waals surface area contributed by atoms with Crippen LogP contribution in [-0.4, -0.2) is 33.8 Å². The van der Waals surface area contributed by atoms with Gasteiger partial charge in [-0.25, -0.2) is 0 Å². The fourth-order valence-electron chi connectivity index (χ4n) is 2.59. The van der Waals surface area contributed by atoms with E-state index in [1.54, 1.807) is 19.1 Å². The van der Waals surface area contributed by atoms with Crippen LogP contribution >= 0.6 is 0 Å². The molecule has 0 radical (unpaired) electrons. The molecule has 110 valence electrons. The van der Waals surface area contributed by atoms with Gasteiger partial charge in [-0.05, 0) is 37.8 Å². The van der Waals surface area contributed by atoms with Crippen molar-refractivity contribution in [2.24, 2.45) is 0 Å². The quantitative estimate of drug-likeness (QED) is 0.651. The first kappa shape index (κ1) is 14.7. The van der Waals surface area contributed by atoms with Crippen LogP contribution in [0, 0.1) is 10.1 Å². The number of nitro benzene ring substituents is 1. The summed E-state index contributed by atoms with van der Waals surface area (Å²) in [6, 6.07) is 4.80. The number of anilines is 1. The summed E-state index contributed by atoms with van der Waals surface area (Å²) in [7, 11) is 0. The third-order valence-electron chi connectivity index (χ3n) is 3.82. The van der Waals surface area contributed by atoms with Crippen LogP contribution in [0.1, 0.15) is 31.7 Å². The molecule has 1 saturated heterocycles. The molecule has 6 heteroatoms. The Morgan fingerprint density at radius 1 is 1.40 bits per heavy atom. The summed E-state index contributed by atoms with van der Waals surface area (Å²) in [5.74, 6) is 0. The monoisotopic (exact) mass is 280 g/mol. The third-order valence-corrected chi connectivity index (χ3v) is 3.82. The highest BCUT2D eigenvalue weighted by Gasteiger charge is 2.28. The molecule has 0 saturated carbocycles. The van der Waals surface area contributed by atoms with Crippen LogP contribution in [0.4, 0.5) is 11.4 Å². The zero-order valence-electron chi connectivity index (χ0n) is 11.6. The molecule has 0 amide bonds. The molecule has 1 aliphatic heterocycles. The Labute approximate surface area is 117 Å². The average molecular weight is 280 g/mol. The fraction of sp³-hybridized carbons (Fsp3) is 0.571. The molecular weight excluding hydrogens is 260 g/mol. The van der Waals surface area contributed by atoms with Crippen LogP contribution in [0.2, 0.25) is 0 Å². The maximum Gasteiger partial charge on any atom is 0.292 e. The van der Waals surface area contributed by atoms with Crippen molar-refractivity contribution in [3.63, 3.8) is 0 Å². The Kier molecular flexibility index (Phi) is 4.25. The topological polar surface area (TPSA) is 86.8 Å². The minimum absolute atomic E-state index is 0.0121. The summed E-state index contributed by atoms with van der Waals surface area (Å²) >= 11 is 0. The Bertz CT molecular complexity index is 502. The Balaban J connectivity index is 2.29. The van der Waals surface area contributed by atoms with Gasteiger partial charge in [0.05, 0.1) is 17.1 Å². The normalized spacial score (nSPS) is 23.4. The van der Waals surface area contributed by atoms with E-state index < -0.39 is 10.5 Å². The van der Waals surface area contributed by atoms with E-state index in [1.165, 1.54) is 6.07 Å². The number of hydrogen-bond donors (Lipinski definition) is 2. The van der Waals surface area contributed by atoms with Gasteiger partial charge in [0.25, 0.3) is 5.69 Å². The molecule has 1 unspecified atom stereocenters. The van der Waals surface area contributed by atoms with Gasteiger partial charge in [0.15, 0.2) is 0 Å². The average Bonchev–Trinajstić information content (AvgIpc) is 2.59. The van der Waals surface area contributed by atoms with E-state index in [9.17, 15) is 15.2 Å². The molecule has 20 heavy (non-hydrogen) atoms. The van der Waals surface area contributed by atoms with Crippen molar-refractivity contribution in [2.45, 2.75) is 38.4 Å². The SMILES string of the molecule is CC1(O)CCCN(c2ccc(CO)cc2[N+](=O)[O-])CC1. The number of hydrogen-bond acceptors (Lipinski definition) is 5. The zero-order valence-corrected chi connectivity index (χ0v) is 11.6. The molecule has 0 bridgehead atoms. The molecule has 1 aliphatic rings. The lowest BCUT2D eigenvalue weighted by Crippen LogP contribution is -2.28. The standard InChI is InChI=1S/C14H20N2O4/c1-14(18)5-2-7-15(8-6-14)12-4-3-11(10-17)9-13(12)16(19)20/h3-4,9,17-18H,2,5-8,10H2,1H3. The van der Waals surface area contributed by atoms with Crippen molar-refractivity contribution < 1.29 is 15.1 Å². The molecule has 1 fully saturated rings. The lowest BCUT2D eigenvalue weighted by molar-refractivity contribution is -0.384. The third kappa shape index (κ3) is 3.26. The lowest BCUT2D eigenvalue weighted by atomic mass is 9.98. The van der Waals surface area contributed by atoms with E-state index in [2.05, 4.69) is 0 Å². The molecule has 6 nitrogen and oxygen atoms in total. The Morgan fingerprint density at radius 2 is 2.15 bits per heavy atom. The molecule has 0 aromatic heterocycles. The Hall–Kier alpha value is -1.66. The highest BCUT2D eigenvalue weighted by molar-refractivity contribution is 5.64. The summed E-state index contributed by atoms with van der Waals surface area (Å²) in [6.07, 6.45) is 2.09. The van der Waals surface area contributed by atoms with Crippen LogP contribution < -0.4 is 4.90 Å². The first-order valence-electron chi connectivity index (χ1n) is 6.78. The van der Waals surface area contributed by atoms with Crippen LogP contribution in [0.5, 0.6) is 0 Å². The second kappa shape index (κ2) is 5.76. The molecule has 2 rings (SSSR count). The van der Waals surface area contributed by atoms with Crippen molar-refractivity contribution in [3.8, 4) is 0 Å². The van der Waals surface area contributed by atoms with Crippen molar-refractivity contribution in [3.05, 3.63) is 33.9 Å². The number of nitro groups is 1. The van der Waals surface area contributed by atoms with E-state index in [4.69, 9.17) is 5.11 Å². The van der Waals surface area contributed by atoms with Gasteiger partial charge in [-0.3, -0.25) is 10.1 Å². The minimum Gasteiger partial charge on any atom is -0.392 e. The second-order valence-corrected chi connectivity index (χ2v) is 5.58. The molecule has 1 aromatic rings. The zero-order chi connectivity index (χ0) is 14.8. The van der Waals surface area contributed by atoms with Gasteiger partial charge in [0, 0.05) is 19.2 Å². The fourth-order valence-corrected chi connectivity index (χ4v) is 2.59. The van der Waals surface area contributed by atoms with Crippen molar-refractivity contribution in [2.75, 3.05) is 18.0 Å². The maximum absolute atomic E-state index is 11.2. The van der Waals surface area contributed by atoms with Crippen LogP contribution in [0.25, 0.3) is 0 Å². The second-order valence-electron chi connectivity index (χ2n) is 5.58. The van der Waals surface area contributed by atoms with E-state index in [-0.39, 0.29) is 12.3 Å². The molecule has 1 heterocycles. The van der Waals surface area contributed by atoms with E-state index in [0.29, 0.717) is 37.2 Å². The van der Waals surface area contributed by atoms with Gasteiger partial charge in [-0.2, -0.15) is 0 Å². The van der Waals surface area contributed by atoms with Crippen molar-refractivity contribution in [1.82, 2.24) is 0 Å². The first-order valence-corrected chi connectivity index (χ1v) is 6.78. The number of nitrogens with zero attached hydrogens (tertiary/aromatic N) is 2. The number of rotatable bonds is 3. The summed E-state index contributed by atoms with van der Waals surface area (Å²) in [5, 5.41) is 30.4. The van der Waals surface area contributed by atoms with Gasteiger partial charge in [0.1, 0.15) is 5.69 Å². The highest BCUT2D eigenvalue weighted by atomic mass is 16.6. The number of aliphatic hydroxyl groups is 2. The van der Waals surface area contributed by atoms with Gasteiger partial charge in [0.2, 0.25) is 0 Å². The predicted octanol–water partition coefficient (Wildman–Crippen LogP) is 1.83. The van der Waals surface area contributed by atoms with E-state index in [0.717, 1.165) is 6.42 Å². The lowest BCUT2D eigenvalue weighted by Gasteiger charge is -2.24. The molecule has 1 atom stereocenters. The molecular formula is C14H20N2O4. The van der Waals surface area contributed by atoms with Crippen LogP contribution in [0.3, 0.4) is 0 Å². The molecule has 0 aliphatic carbocycles. The van der Waals surface area contributed by atoms with Gasteiger partial charge < -0.3 is 15.1 Å². The molecule has 0 spiro atoms. The van der Waals surface area contributed by atoms with E-state index >= 15 is 0 Å². The summed E-state index contributed by atoms with van der Waals surface area (Å²) in [5.41, 5.74) is 0.402. The first-order chi connectivity index (χ1) is 9.43. The van der Waals surface area contributed by atoms with Gasteiger partial charge in [-0.15, -0.1) is 0 Å². The maximum atomic E-state index is 11.2. The van der Waals surface area contributed by atoms with Gasteiger partial charge in [-0.1, -0.05) is 6.07 Å². The van der Waals surface area contributed by atoms with E-state index in [1.807, 2.05) is 4.90 Å². The number of aliphatic hydroxyl groups excluding tert-OH is 1. The Morgan fingerprint density at radius 3 is 2.80 bits per heavy atom. The molecule has 2 N–H and O–H groups in total. The minimum atomic E-state index is -0.700. The van der Waals surface area contributed by atoms with Crippen LogP contribution in [-0.2, 0) is 6.61 Å². The summed E-state index contributed by atoms with van der Waals surface area (Å²) < 4.78 is 0. The summed E-state index contributed by atoms with van der Waals surface area (Å²) in [6.45, 7) is 2.87. The number of benzene rings is 1. The predicted molar refractivity (Wildman–Crippen MR) is 75.7 cm³/mol.